The van der Waals surface area contributed by atoms with Crippen LogP contribution >= 0.6 is 0 Å². The van der Waals surface area contributed by atoms with E-state index in [9.17, 15) is 8.42 Å². The van der Waals surface area contributed by atoms with E-state index in [1.165, 1.54) is 6.33 Å². The maximum Gasteiger partial charge on any atom is 0.154 e. The number of rotatable bonds is 6. The molecule has 1 aliphatic heterocycles. The molecule has 6 nitrogen and oxygen atoms in total. The van der Waals surface area contributed by atoms with Gasteiger partial charge in [0.15, 0.2) is 9.84 Å². The molecule has 0 aromatic carbocycles. The van der Waals surface area contributed by atoms with E-state index in [0.717, 1.165) is 31.6 Å². The normalized spacial score (nSPS) is 21.2. The second kappa shape index (κ2) is 6.18. The molecule has 2 N–H and O–H groups in total. The number of hydrogen-bond acceptors (Lipinski definition) is 6. The van der Waals surface area contributed by atoms with Gasteiger partial charge in [-0.1, -0.05) is 6.92 Å². The van der Waals surface area contributed by atoms with Crippen molar-refractivity contribution < 1.29 is 8.42 Å². The van der Waals surface area contributed by atoms with Crippen LogP contribution in [0.2, 0.25) is 0 Å². The van der Waals surface area contributed by atoms with Gasteiger partial charge in [-0.2, -0.15) is 0 Å². The van der Waals surface area contributed by atoms with Crippen LogP contribution in [0, 0.1) is 0 Å². The lowest BCUT2D eigenvalue weighted by Gasteiger charge is -2.12. The zero-order valence-electron chi connectivity index (χ0n) is 11.1. The van der Waals surface area contributed by atoms with Gasteiger partial charge in [-0.25, -0.2) is 18.4 Å². The molecule has 2 heterocycles. The summed E-state index contributed by atoms with van der Waals surface area (Å²) < 4.78 is 23.4. The van der Waals surface area contributed by atoms with Crippen LogP contribution in [-0.2, 0) is 9.84 Å². The minimum Gasteiger partial charge on any atom is -0.370 e. The highest BCUT2D eigenvalue weighted by molar-refractivity contribution is 7.92. The lowest BCUT2D eigenvalue weighted by atomic mass is 10.2. The van der Waals surface area contributed by atoms with Crippen LogP contribution < -0.4 is 10.6 Å². The SMILES string of the molecule is CCCNc1cc(NCC2CCCS2(=O)=O)ncn1. The average Bonchev–Trinajstić information content (AvgIpc) is 2.73. The first kappa shape index (κ1) is 14.0. The number of nitrogens with zero attached hydrogens (tertiary/aromatic N) is 2. The highest BCUT2D eigenvalue weighted by Crippen LogP contribution is 2.20. The minimum atomic E-state index is -2.90. The Balaban J connectivity index is 1.92. The average molecular weight is 284 g/mol. The number of hydrogen-bond donors (Lipinski definition) is 2. The Bertz CT molecular complexity index is 518. The van der Waals surface area contributed by atoms with E-state index in [0.29, 0.717) is 18.1 Å². The summed E-state index contributed by atoms with van der Waals surface area (Å²) in [6, 6.07) is 1.80. The Morgan fingerprint density at radius 2 is 2.05 bits per heavy atom. The van der Waals surface area contributed by atoms with Gasteiger partial charge < -0.3 is 10.6 Å². The molecule has 1 atom stereocenters. The second-order valence-corrected chi connectivity index (χ2v) is 7.13. The number of sulfone groups is 1. The summed E-state index contributed by atoms with van der Waals surface area (Å²) in [4.78, 5) is 8.20. The molecule has 106 valence electrons. The Labute approximate surface area is 114 Å². The zero-order chi connectivity index (χ0) is 13.7. The van der Waals surface area contributed by atoms with Crippen LogP contribution in [0.4, 0.5) is 11.6 Å². The highest BCUT2D eigenvalue weighted by atomic mass is 32.2. The predicted molar refractivity (Wildman–Crippen MR) is 76.1 cm³/mol. The maximum absolute atomic E-state index is 11.7. The molecule has 1 aromatic rings. The first-order valence-electron chi connectivity index (χ1n) is 6.63. The lowest BCUT2D eigenvalue weighted by Crippen LogP contribution is -2.25. The van der Waals surface area contributed by atoms with Gasteiger partial charge in [-0.3, -0.25) is 0 Å². The number of nitrogens with one attached hydrogen (secondary N) is 2. The van der Waals surface area contributed by atoms with Crippen LogP contribution in [0.5, 0.6) is 0 Å². The summed E-state index contributed by atoms with van der Waals surface area (Å²) in [5.74, 6) is 1.73. The summed E-state index contributed by atoms with van der Waals surface area (Å²) >= 11 is 0. The first-order valence-corrected chi connectivity index (χ1v) is 8.34. The summed E-state index contributed by atoms with van der Waals surface area (Å²) in [7, 11) is -2.90. The number of anilines is 2. The summed E-state index contributed by atoms with van der Waals surface area (Å²) in [5, 5.41) is 5.98. The van der Waals surface area contributed by atoms with Gasteiger partial charge in [-0.05, 0) is 19.3 Å². The van der Waals surface area contributed by atoms with Crippen molar-refractivity contribution in [3.63, 3.8) is 0 Å². The van der Waals surface area contributed by atoms with Crippen molar-refractivity contribution in [2.45, 2.75) is 31.4 Å². The van der Waals surface area contributed by atoms with Crippen LogP contribution in [-0.4, -0.2) is 42.5 Å². The molecule has 0 aliphatic carbocycles. The third-order valence-corrected chi connectivity index (χ3v) is 5.47. The molecule has 7 heteroatoms. The van der Waals surface area contributed by atoms with Crippen LogP contribution in [0.1, 0.15) is 26.2 Å². The molecule has 2 rings (SSSR count). The molecular formula is C12H20N4O2S. The standard InChI is InChI=1S/C12H20N4O2S/c1-2-5-13-11-7-12(16-9-15-11)14-8-10-4-3-6-19(10,17)18/h7,9-10H,2-6,8H2,1H3,(H2,13,14,15,16). The summed E-state index contributed by atoms with van der Waals surface area (Å²) in [6.07, 6.45) is 4.00. The Morgan fingerprint density at radius 3 is 2.68 bits per heavy atom. The lowest BCUT2D eigenvalue weighted by molar-refractivity contribution is 0.591. The number of aromatic nitrogens is 2. The van der Waals surface area contributed by atoms with Crippen LogP contribution in [0.3, 0.4) is 0 Å². The molecule has 0 amide bonds. The van der Waals surface area contributed by atoms with Gasteiger partial charge in [0.1, 0.15) is 18.0 Å². The second-order valence-electron chi connectivity index (χ2n) is 4.73. The van der Waals surface area contributed by atoms with E-state index in [1.807, 2.05) is 0 Å². The molecule has 1 unspecified atom stereocenters. The Morgan fingerprint density at radius 1 is 1.32 bits per heavy atom. The van der Waals surface area contributed by atoms with Gasteiger partial charge in [0.25, 0.3) is 0 Å². The molecule has 19 heavy (non-hydrogen) atoms. The predicted octanol–water partition coefficient (Wildman–Crippen LogP) is 1.29. The van der Waals surface area contributed by atoms with Gasteiger partial charge in [-0.15, -0.1) is 0 Å². The minimum absolute atomic E-state index is 0.283. The van der Waals surface area contributed by atoms with Crippen molar-refractivity contribution in [3.05, 3.63) is 12.4 Å². The fraction of sp³-hybridized carbons (Fsp3) is 0.667. The maximum atomic E-state index is 11.7. The smallest absolute Gasteiger partial charge is 0.154 e. The van der Waals surface area contributed by atoms with Gasteiger partial charge in [0, 0.05) is 19.2 Å². The van der Waals surface area contributed by atoms with Gasteiger partial charge in [0.2, 0.25) is 0 Å². The molecule has 0 saturated carbocycles. The molecule has 1 aromatic heterocycles. The van der Waals surface area contributed by atoms with E-state index in [-0.39, 0.29) is 5.25 Å². The molecule has 0 spiro atoms. The van der Waals surface area contributed by atoms with E-state index < -0.39 is 9.84 Å². The van der Waals surface area contributed by atoms with Gasteiger partial charge in [0.05, 0.1) is 11.0 Å². The van der Waals surface area contributed by atoms with Crippen molar-refractivity contribution in [3.8, 4) is 0 Å². The van der Waals surface area contributed by atoms with Crippen LogP contribution in [0.15, 0.2) is 12.4 Å². The molecule has 1 aliphatic rings. The third kappa shape index (κ3) is 3.79. The topological polar surface area (TPSA) is 84.0 Å². The van der Waals surface area contributed by atoms with Crippen molar-refractivity contribution in [2.24, 2.45) is 0 Å². The van der Waals surface area contributed by atoms with Crippen molar-refractivity contribution in [1.29, 1.82) is 0 Å². The fourth-order valence-corrected chi connectivity index (χ4v) is 3.87. The third-order valence-electron chi connectivity index (χ3n) is 3.20. The van der Waals surface area contributed by atoms with E-state index in [2.05, 4.69) is 27.5 Å². The monoisotopic (exact) mass is 284 g/mol. The van der Waals surface area contributed by atoms with Crippen molar-refractivity contribution >= 4 is 21.5 Å². The van der Waals surface area contributed by atoms with Crippen molar-refractivity contribution in [1.82, 2.24) is 9.97 Å². The highest BCUT2D eigenvalue weighted by Gasteiger charge is 2.30. The summed E-state index contributed by atoms with van der Waals surface area (Å²) in [6.45, 7) is 3.36. The molecular weight excluding hydrogens is 264 g/mol. The largest absolute Gasteiger partial charge is 0.370 e. The zero-order valence-corrected chi connectivity index (χ0v) is 11.9. The Kier molecular flexibility index (Phi) is 4.57. The molecule has 0 bridgehead atoms. The quantitative estimate of drug-likeness (QED) is 0.819. The van der Waals surface area contributed by atoms with E-state index in [4.69, 9.17) is 0 Å². The molecule has 1 saturated heterocycles. The van der Waals surface area contributed by atoms with Gasteiger partial charge >= 0.3 is 0 Å². The molecule has 0 radical (unpaired) electrons. The summed E-state index contributed by atoms with van der Waals surface area (Å²) in [5.41, 5.74) is 0. The Hall–Kier alpha value is -1.37. The fourth-order valence-electron chi connectivity index (χ4n) is 2.11. The van der Waals surface area contributed by atoms with Crippen LogP contribution in [0.25, 0.3) is 0 Å². The molecule has 1 fully saturated rings. The van der Waals surface area contributed by atoms with E-state index in [1.54, 1.807) is 6.07 Å². The first-order chi connectivity index (χ1) is 9.12. The van der Waals surface area contributed by atoms with Crippen molar-refractivity contribution in [2.75, 3.05) is 29.5 Å². The van der Waals surface area contributed by atoms with E-state index >= 15 is 0 Å².